The number of rotatable bonds is 0. The van der Waals surface area contributed by atoms with Crippen molar-refractivity contribution in [1.29, 1.82) is 0 Å². The van der Waals surface area contributed by atoms with E-state index in [0.29, 0.717) is 12.3 Å². The largest absolute Gasteiger partial charge is 0.482 e. The SMILES string of the molecule is O=C1C[C@H]2c3ccccc3O[C@@H]12. The van der Waals surface area contributed by atoms with Gasteiger partial charge in [-0.3, -0.25) is 4.79 Å². The van der Waals surface area contributed by atoms with Gasteiger partial charge in [0.2, 0.25) is 0 Å². The van der Waals surface area contributed by atoms with Crippen LogP contribution in [0.25, 0.3) is 0 Å². The van der Waals surface area contributed by atoms with Crippen LogP contribution in [0.15, 0.2) is 24.3 Å². The molecule has 0 N–H and O–H groups in total. The second-order valence-corrected chi connectivity index (χ2v) is 3.35. The van der Waals surface area contributed by atoms with Gasteiger partial charge in [-0.25, -0.2) is 0 Å². The minimum absolute atomic E-state index is 0.151. The van der Waals surface area contributed by atoms with E-state index in [1.807, 2.05) is 24.3 Å². The zero-order valence-electron chi connectivity index (χ0n) is 6.49. The van der Waals surface area contributed by atoms with Crippen LogP contribution in [0.4, 0.5) is 0 Å². The van der Waals surface area contributed by atoms with Crippen LogP contribution in [0, 0.1) is 0 Å². The number of carbonyl (C=O) groups excluding carboxylic acids is 1. The fourth-order valence-electron chi connectivity index (χ4n) is 1.96. The van der Waals surface area contributed by atoms with Gasteiger partial charge >= 0.3 is 0 Å². The summed E-state index contributed by atoms with van der Waals surface area (Å²) in [6.45, 7) is 0. The zero-order chi connectivity index (χ0) is 8.13. The molecule has 1 saturated carbocycles. The second kappa shape index (κ2) is 1.89. The molecule has 0 bridgehead atoms. The number of Topliss-reactive ketones (excluding diaryl/α,β-unsaturated/α-hetero) is 1. The van der Waals surface area contributed by atoms with Crippen molar-refractivity contribution >= 4 is 5.78 Å². The maximum Gasteiger partial charge on any atom is 0.174 e. The van der Waals surface area contributed by atoms with Crippen LogP contribution in [0.1, 0.15) is 17.9 Å². The lowest BCUT2D eigenvalue weighted by Crippen LogP contribution is -2.40. The van der Waals surface area contributed by atoms with Crippen molar-refractivity contribution in [3.8, 4) is 5.75 Å². The van der Waals surface area contributed by atoms with Gasteiger partial charge in [-0.05, 0) is 6.07 Å². The molecule has 60 valence electrons. The first-order valence-corrected chi connectivity index (χ1v) is 4.14. The molecule has 0 spiro atoms. The van der Waals surface area contributed by atoms with Gasteiger partial charge in [0.25, 0.3) is 0 Å². The van der Waals surface area contributed by atoms with Crippen molar-refractivity contribution in [3.63, 3.8) is 0 Å². The van der Waals surface area contributed by atoms with Crippen LogP contribution < -0.4 is 4.74 Å². The van der Waals surface area contributed by atoms with Crippen LogP contribution in [0.3, 0.4) is 0 Å². The number of fused-ring (bicyclic) bond motifs is 3. The second-order valence-electron chi connectivity index (χ2n) is 3.35. The summed E-state index contributed by atoms with van der Waals surface area (Å²) in [4.78, 5) is 11.1. The predicted octanol–water partition coefficient (Wildman–Crippen LogP) is 1.50. The van der Waals surface area contributed by atoms with Crippen LogP contribution in [-0.2, 0) is 4.79 Å². The van der Waals surface area contributed by atoms with E-state index in [4.69, 9.17) is 4.74 Å². The maximum atomic E-state index is 11.1. The molecule has 1 aromatic carbocycles. The van der Waals surface area contributed by atoms with Gasteiger partial charge in [0.05, 0.1) is 0 Å². The fraction of sp³-hybridized carbons (Fsp3) is 0.300. The third-order valence-corrected chi connectivity index (χ3v) is 2.68. The minimum atomic E-state index is -0.151. The van der Waals surface area contributed by atoms with E-state index in [-0.39, 0.29) is 11.9 Å². The molecule has 1 heterocycles. The van der Waals surface area contributed by atoms with Crippen LogP contribution in [-0.4, -0.2) is 11.9 Å². The molecule has 2 heteroatoms. The molecular weight excluding hydrogens is 152 g/mol. The van der Waals surface area contributed by atoms with Crippen molar-refractivity contribution < 1.29 is 9.53 Å². The Morgan fingerprint density at radius 2 is 2.17 bits per heavy atom. The molecule has 0 unspecified atom stereocenters. The fourth-order valence-corrected chi connectivity index (χ4v) is 1.96. The predicted molar refractivity (Wildman–Crippen MR) is 43.2 cm³/mol. The molecular formula is C10H8O2. The van der Waals surface area contributed by atoms with Gasteiger partial charge in [0.15, 0.2) is 11.9 Å². The number of para-hydroxylation sites is 1. The molecule has 1 aliphatic carbocycles. The third-order valence-electron chi connectivity index (χ3n) is 2.68. The van der Waals surface area contributed by atoms with Gasteiger partial charge in [-0.2, -0.15) is 0 Å². The Balaban J connectivity index is 2.10. The molecule has 0 aromatic heterocycles. The van der Waals surface area contributed by atoms with E-state index in [1.165, 1.54) is 5.56 Å². The highest BCUT2D eigenvalue weighted by Gasteiger charge is 2.48. The van der Waals surface area contributed by atoms with Gasteiger partial charge in [-0.15, -0.1) is 0 Å². The summed E-state index contributed by atoms with van der Waals surface area (Å²) in [6, 6.07) is 7.91. The molecule has 0 amide bonds. The summed E-state index contributed by atoms with van der Waals surface area (Å²) >= 11 is 0. The summed E-state index contributed by atoms with van der Waals surface area (Å²) < 4.78 is 5.47. The first-order valence-electron chi connectivity index (χ1n) is 4.14. The molecule has 12 heavy (non-hydrogen) atoms. The summed E-state index contributed by atoms with van der Waals surface area (Å²) in [5.74, 6) is 1.50. The van der Waals surface area contributed by atoms with Crippen molar-refractivity contribution in [3.05, 3.63) is 29.8 Å². The third kappa shape index (κ3) is 0.583. The molecule has 2 atom stereocenters. The number of benzene rings is 1. The number of hydrogen-bond donors (Lipinski definition) is 0. The van der Waals surface area contributed by atoms with E-state index in [0.717, 1.165) is 5.75 Å². The highest BCUT2D eigenvalue weighted by atomic mass is 16.5. The van der Waals surface area contributed by atoms with Gasteiger partial charge in [0.1, 0.15) is 5.75 Å². The Labute approximate surface area is 70.2 Å². The van der Waals surface area contributed by atoms with Gasteiger partial charge in [0, 0.05) is 17.9 Å². The first kappa shape index (κ1) is 6.23. The van der Waals surface area contributed by atoms with Crippen LogP contribution in [0.2, 0.25) is 0 Å². The minimum Gasteiger partial charge on any atom is -0.482 e. The first-order chi connectivity index (χ1) is 5.86. The van der Waals surface area contributed by atoms with Crippen molar-refractivity contribution in [2.24, 2.45) is 0 Å². The topological polar surface area (TPSA) is 26.3 Å². The number of ether oxygens (including phenoxy) is 1. The Hall–Kier alpha value is -1.31. The molecule has 0 saturated heterocycles. The Morgan fingerprint density at radius 1 is 1.33 bits per heavy atom. The Kier molecular flexibility index (Phi) is 0.980. The van der Waals surface area contributed by atoms with Gasteiger partial charge < -0.3 is 4.74 Å². The average Bonchev–Trinajstić information content (AvgIpc) is 2.39. The maximum absolute atomic E-state index is 11.1. The smallest absolute Gasteiger partial charge is 0.174 e. The lowest BCUT2D eigenvalue weighted by molar-refractivity contribution is -0.133. The monoisotopic (exact) mass is 160 g/mol. The zero-order valence-corrected chi connectivity index (χ0v) is 6.49. The average molecular weight is 160 g/mol. The summed E-state index contributed by atoms with van der Waals surface area (Å²) in [5.41, 5.74) is 1.21. The standard InChI is InChI=1S/C10H8O2/c11-8-5-7-6-3-1-2-4-9(6)12-10(7)8/h1-4,7,10H,5H2/t7-,10+/m0/s1. The summed E-state index contributed by atoms with van der Waals surface area (Å²) in [6.07, 6.45) is 0.518. The number of ketones is 1. The van der Waals surface area contributed by atoms with Crippen molar-refractivity contribution in [2.75, 3.05) is 0 Å². The summed E-state index contributed by atoms with van der Waals surface area (Å²) in [5, 5.41) is 0. The molecule has 2 aliphatic rings. The van der Waals surface area contributed by atoms with E-state index < -0.39 is 0 Å². The van der Waals surface area contributed by atoms with Gasteiger partial charge in [-0.1, -0.05) is 18.2 Å². The lowest BCUT2D eigenvalue weighted by atomic mass is 9.78. The van der Waals surface area contributed by atoms with E-state index in [2.05, 4.69) is 0 Å². The number of hydrogen-bond acceptors (Lipinski definition) is 2. The molecule has 2 nitrogen and oxygen atoms in total. The van der Waals surface area contributed by atoms with E-state index in [1.54, 1.807) is 0 Å². The van der Waals surface area contributed by atoms with E-state index >= 15 is 0 Å². The highest BCUT2D eigenvalue weighted by molar-refractivity contribution is 5.93. The Morgan fingerprint density at radius 3 is 3.00 bits per heavy atom. The molecule has 1 aliphatic heterocycles. The van der Waals surface area contributed by atoms with E-state index in [9.17, 15) is 4.79 Å². The molecule has 1 fully saturated rings. The summed E-state index contributed by atoms with van der Waals surface area (Å²) in [7, 11) is 0. The van der Waals surface area contributed by atoms with Crippen molar-refractivity contribution in [2.45, 2.75) is 18.4 Å². The number of carbonyl (C=O) groups is 1. The molecule has 0 radical (unpaired) electrons. The molecule has 3 rings (SSSR count). The van der Waals surface area contributed by atoms with Crippen molar-refractivity contribution in [1.82, 2.24) is 0 Å². The lowest BCUT2D eigenvalue weighted by Gasteiger charge is -2.26. The van der Waals surface area contributed by atoms with Crippen LogP contribution >= 0.6 is 0 Å². The quantitative estimate of drug-likeness (QED) is 0.575. The molecule has 1 aromatic rings. The normalized spacial score (nSPS) is 30.2. The highest BCUT2D eigenvalue weighted by Crippen LogP contribution is 2.46. The van der Waals surface area contributed by atoms with Crippen LogP contribution in [0.5, 0.6) is 5.75 Å². The Bertz CT molecular complexity index is 357.